The van der Waals surface area contributed by atoms with E-state index in [0.717, 1.165) is 24.5 Å². The monoisotopic (exact) mass is 320 g/mol. The molecule has 108 valence electrons. The van der Waals surface area contributed by atoms with Crippen LogP contribution in [0.25, 0.3) is 0 Å². The molecule has 0 saturated carbocycles. The van der Waals surface area contributed by atoms with Crippen molar-refractivity contribution in [2.45, 2.75) is 32.4 Å². The van der Waals surface area contributed by atoms with Crippen LogP contribution in [-0.4, -0.2) is 30.0 Å². The van der Waals surface area contributed by atoms with Crippen molar-refractivity contribution in [3.63, 3.8) is 0 Å². The number of aryl methyl sites for hydroxylation is 1. The molecule has 6 heteroatoms. The van der Waals surface area contributed by atoms with Crippen LogP contribution in [0.5, 0.6) is 0 Å². The van der Waals surface area contributed by atoms with Crippen LogP contribution in [0.2, 0.25) is 0 Å². The van der Waals surface area contributed by atoms with Gasteiger partial charge in [-0.3, -0.25) is 4.79 Å². The van der Waals surface area contributed by atoms with E-state index < -0.39 is 0 Å². The number of halogens is 1. The number of amides is 1. The van der Waals surface area contributed by atoms with Crippen LogP contribution in [-0.2, 0) is 17.8 Å². The lowest BCUT2D eigenvalue weighted by molar-refractivity contribution is -0.121. The molecule has 2 heterocycles. The third kappa shape index (κ3) is 5.73. The molecule has 3 nitrogen and oxygen atoms in total. The lowest BCUT2D eigenvalue weighted by Gasteiger charge is -2.22. The summed E-state index contributed by atoms with van der Waals surface area (Å²) in [5.74, 6) is 2.36. The van der Waals surface area contributed by atoms with E-state index in [9.17, 15) is 4.79 Å². The van der Waals surface area contributed by atoms with Gasteiger partial charge in [-0.1, -0.05) is 6.92 Å². The normalized spacial score (nSPS) is 18.7. The topological polar surface area (TPSA) is 41.1 Å². The number of hydrogen-bond acceptors (Lipinski definition) is 4. The highest BCUT2D eigenvalue weighted by molar-refractivity contribution is 7.99. The summed E-state index contributed by atoms with van der Waals surface area (Å²) in [5, 5.41) is 6.39. The molecule has 2 rings (SSSR count). The van der Waals surface area contributed by atoms with Crippen molar-refractivity contribution < 1.29 is 4.79 Å². The molecule has 1 aromatic heterocycles. The van der Waals surface area contributed by atoms with Crippen molar-refractivity contribution in [1.82, 2.24) is 10.6 Å². The highest BCUT2D eigenvalue weighted by Gasteiger charge is 2.16. The van der Waals surface area contributed by atoms with Gasteiger partial charge in [0, 0.05) is 40.3 Å². The van der Waals surface area contributed by atoms with Gasteiger partial charge in [0.1, 0.15) is 0 Å². The first-order chi connectivity index (χ1) is 8.78. The Kier molecular flexibility index (Phi) is 7.83. The highest BCUT2D eigenvalue weighted by atomic mass is 35.5. The number of carbonyl (C=O) groups is 1. The van der Waals surface area contributed by atoms with Gasteiger partial charge in [0.05, 0.1) is 6.54 Å². The van der Waals surface area contributed by atoms with E-state index in [-0.39, 0.29) is 18.3 Å². The first kappa shape index (κ1) is 16.8. The molecule has 19 heavy (non-hydrogen) atoms. The second-order valence-corrected chi connectivity index (χ2v) is 6.83. The molecule has 1 aromatic rings. The number of rotatable bonds is 5. The predicted molar refractivity (Wildman–Crippen MR) is 86.5 cm³/mol. The Morgan fingerprint density at radius 3 is 2.89 bits per heavy atom. The average Bonchev–Trinajstić information content (AvgIpc) is 2.85. The molecule has 2 N–H and O–H groups in total. The van der Waals surface area contributed by atoms with E-state index in [0.29, 0.717) is 19.0 Å². The minimum absolute atomic E-state index is 0. The summed E-state index contributed by atoms with van der Waals surface area (Å²) in [4.78, 5) is 14.4. The standard InChI is InChI=1S/C13H20N2OS2.ClH/c1-2-11-3-4-12(18-11)8-15-13(16)7-10-9-17-6-5-14-10;/h3-4,10,14H,2,5-9H2,1H3,(H,15,16);1H. The van der Waals surface area contributed by atoms with Crippen molar-refractivity contribution in [2.24, 2.45) is 0 Å². The number of hydrogen-bond donors (Lipinski definition) is 2. The number of thiophene rings is 1. The van der Waals surface area contributed by atoms with E-state index in [1.165, 1.54) is 9.75 Å². The van der Waals surface area contributed by atoms with Crippen molar-refractivity contribution in [2.75, 3.05) is 18.1 Å². The Morgan fingerprint density at radius 2 is 2.26 bits per heavy atom. The summed E-state index contributed by atoms with van der Waals surface area (Å²) in [7, 11) is 0. The van der Waals surface area contributed by atoms with Gasteiger partial charge in [0.25, 0.3) is 0 Å². The number of carbonyl (C=O) groups excluding carboxylic acids is 1. The summed E-state index contributed by atoms with van der Waals surface area (Å²) in [5.41, 5.74) is 0. The molecule has 0 aliphatic carbocycles. The fourth-order valence-electron chi connectivity index (χ4n) is 1.94. The molecule has 0 aromatic carbocycles. The molecule has 1 fully saturated rings. The van der Waals surface area contributed by atoms with Crippen LogP contribution in [0.15, 0.2) is 12.1 Å². The number of thioether (sulfide) groups is 1. The first-order valence-corrected chi connectivity index (χ1v) is 8.40. The third-order valence-corrected chi connectivity index (χ3v) is 5.32. The second kappa shape index (κ2) is 8.84. The van der Waals surface area contributed by atoms with Gasteiger partial charge in [-0.2, -0.15) is 11.8 Å². The summed E-state index contributed by atoms with van der Waals surface area (Å²) >= 11 is 3.71. The Bertz CT molecular complexity index is 392. The zero-order valence-electron chi connectivity index (χ0n) is 11.1. The third-order valence-electron chi connectivity index (χ3n) is 2.96. The lowest BCUT2D eigenvalue weighted by Crippen LogP contribution is -2.41. The van der Waals surface area contributed by atoms with Crippen LogP contribution >= 0.6 is 35.5 Å². The maximum absolute atomic E-state index is 11.8. The summed E-state index contributed by atoms with van der Waals surface area (Å²) < 4.78 is 0. The molecule has 1 aliphatic heterocycles. The predicted octanol–water partition coefficient (Wildman–Crippen LogP) is 2.44. The van der Waals surface area contributed by atoms with Crippen LogP contribution in [0.4, 0.5) is 0 Å². The van der Waals surface area contributed by atoms with Gasteiger partial charge >= 0.3 is 0 Å². The molecule has 1 unspecified atom stereocenters. The number of nitrogens with one attached hydrogen (secondary N) is 2. The molecular weight excluding hydrogens is 300 g/mol. The highest BCUT2D eigenvalue weighted by Crippen LogP contribution is 2.16. The fourth-order valence-corrected chi connectivity index (χ4v) is 3.79. The minimum Gasteiger partial charge on any atom is -0.351 e. The molecule has 0 spiro atoms. The van der Waals surface area contributed by atoms with Crippen LogP contribution in [0.3, 0.4) is 0 Å². The van der Waals surface area contributed by atoms with E-state index in [4.69, 9.17) is 0 Å². The smallest absolute Gasteiger partial charge is 0.221 e. The van der Waals surface area contributed by atoms with Crippen LogP contribution < -0.4 is 10.6 Å². The van der Waals surface area contributed by atoms with E-state index in [1.54, 1.807) is 11.3 Å². The fraction of sp³-hybridized carbons (Fsp3) is 0.615. The van der Waals surface area contributed by atoms with Gasteiger partial charge in [-0.15, -0.1) is 23.7 Å². The van der Waals surface area contributed by atoms with Gasteiger partial charge in [-0.25, -0.2) is 0 Å². The van der Waals surface area contributed by atoms with Crippen molar-refractivity contribution >= 4 is 41.4 Å². The van der Waals surface area contributed by atoms with Gasteiger partial charge < -0.3 is 10.6 Å². The maximum atomic E-state index is 11.8. The van der Waals surface area contributed by atoms with Crippen molar-refractivity contribution in [3.8, 4) is 0 Å². The molecule has 1 aliphatic rings. The van der Waals surface area contributed by atoms with Gasteiger partial charge in [0.2, 0.25) is 5.91 Å². The molecule has 1 saturated heterocycles. The van der Waals surface area contributed by atoms with Gasteiger partial charge in [0.15, 0.2) is 0 Å². The Balaban J connectivity index is 0.00000180. The second-order valence-electron chi connectivity index (χ2n) is 4.43. The average molecular weight is 321 g/mol. The van der Waals surface area contributed by atoms with Crippen molar-refractivity contribution in [1.29, 1.82) is 0 Å². The quantitative estimate of drug-likeness (QED) is 0.875. The zero-order chi connectivity index (χ0) is 12.8. The molecule has 0 radical (unpaired) electrons. The summed E-state index contributed by atoms with van der Waals surface area (Å²) in [6.45, 7) is 3.84. The maximum Gasteiger partial charge on any atom is 0.221 e. The summed E-state index contributed by atoms with van der Waals surface area (Å²) in [6, 6.07) is 4.60. The van der Waals surface area contributed by atoms with Gasteiger partial charge in [-0.05, 0) is 18.6 Å². The molecule has 0 bridgehead atoms. The molecule has 1 atom stereocenters. The SMILES string of the molecule is CCc1ccc(CNC(=O)CC2CSCCN2)s1.Cl. The van der Waals surface area contributed by atoms with Crippen LogP contribution in [0, 0.1) is 0 Å². The van der Waals surface area contributed by atoms with E-state index in [1.807, 2.05) is 11.8 Å². The Morgan fingerprint density at radius 1 is 1.47 bits per heavy atom. The van der Waals surface area contributed by atoms with Crippen molar-refractivity contribution in [3.05, 3.63) is 21.9 Å². The minimum atomic E-state index is 0. The largest absolute Gasteiger partial charge is 0.351 e. The molecule has 1 amide bonds. The first-order valence-electron chi connectivity index (χ1n) is 6.43. The Labute approximate surface area is 129 Å². The molecular formula is C13H21ClN2OS2. The lowest BCUT2D eigenvalue weighted by atomic mass is 10.2. The Hall–Kier alpha value is -0.230. The van der Waals surface area contributed by atoms with Crippen LogP contribution in [0.1, 0.15) is 23.1 Å². The van der Waals surface area contributed by atoms with E-state index >= 15 is 0 Å². The van der Waals surface area contributed by atoms with E-state index in [2.05, 4.69) is 29.7 Å². The summed E-state index contributed by atoms with van der Waals surface area (Å²) in [6.07, 6.45) is 1.67. The zero-order valence-corrected chi connectivity index (χ0v) is 13.6.